The molecule has 3 heteroatoms. The summed E-state index contributed by atoms with van der Waals surface area (Å²) in [6.45, 7) is 7.42. The van der Waals surface area contributed by atoms with E-state index in [1.54, 1.807) is 0 Å². The first kappa shape index (κ1) is 11.7. The van der Waals surface area contributed by atoms with Gasteiger partial charge >= 0.3 is 0 Å². The van der Waals surface area contributed by atoms with E-state index in [9.17, 15) is 0 Å². The molecule has 1 N–H and O–H groups in total. The molecule has 0 amide bonds. The zero-order valence-corrected chi connectivity index (χ0v) is 10.9. The van der Waals surface area contributed by atoms with Crippen LogP contribution < -0.4 is 5.32 Å². The highest BCUT2D eigenvalue weighted by atomic mass is 32.2. The Labute approximate surface area is 98.2 Å². The van der Waals surface area contributed by atoms with Gasteiger partial charge in [0.1, 0.15) is 0 Å². The molecule has 2 aliphatic rings. The van der Waals surface area contributed by atoms with Crippen LogP contribution >= 0.6 is 11.8 Å². The van der Waals surface area contributed by atoms with Crippen molar-refractivity contribution < 1.29 is 0 Å². The Kier molecular flexibility index (Phi) is 3.97. The fourth-order valence-electron chi connectivity index (χ4n) is 2.72. The molecule has 0 aromatic rings. The van der Waals surface area contributed by atoms with Gasteiger partial charge in [0.2, 0.25) is 0 Å². The standard InChI is InChI=1S/C12H24N2S/c1-12(11-4-5-11)10-14(8-6-13-12)7-3-9-15-2/h11,13H,3-10H2,1-2H3. The third-order valence-corrected chi connectivity index (χ3v) is 4.51. The smallest absolute Gasteiger partial charge is 0.0309 e. The molecule has 0 radical (unpaired) electrons. The minimum absolute atomic E-state index is 0.428. The molecule has 88 valence electrons. The molecule has 2 rings (SSSR count). The lowest BCUT2D eigenvalue weighted by Crippen LogP contribution is -2.60. The maximum atomic E-state index is 3.73. The summed E-state index contributed by atoms with van der Waals surface area (Å²) < 4.78 is 0. The lowest BCUT2D eigenvalue weighted by Gasteiger charge is -2.42. The Morgan fingerprint density at radius 1 is 1.47 bits per heavy atom. The molecule has 2 nitrogen and oxygen atoms in total. The summed E-state index contributed by atoms with van der Waals surface area (Å²) in [4.78, 5) is 2.66. The van der Waals surface area contributed by atoms with E-state index in [-0.39, 0.29) is 0 Å². The van der Waals surface area contributed by atoms with Gasteiger partial charge in [-0.25, -0.2) is 0 Å². The van der Waals surface area contributed by atoms with Crippen LogP contribution in [0.5, 0.6) is 0 Å². The van der Waals surface area contributed by atoms with E-state index < -0.39 is 0 Å². The van der Waals surface area contributed by atoms with Gasteiger partial charge in [0.15, 0.2) is 0 Å². The molecular formula is C12H24N2S. The first-order chi connectivity index (χ1) is 7.24. The maximum absolute atomic E-state index is 3.73. The molecule has 0 bridgehead atoms. The molecule has 0 spiro atoms. The number of piperazine rings is 1. The second-order valence-electron chi connectivity index (χ2n) is 5.24. The van der Waals surface area contributed by atoms with Crippen molar-refractivity contribution in [3.63, 3.8) is 0 Å². The van der Waals surface area contributed by atoms with Crippen molar-refractivity contribution in [2.75, 3.05) is 38.2 Å². The van der Waals surface area contributed by atoms with Crippen LogP contribution in [0.3, 0.4) is 0 Å². The molecule has 1 atom stereocenters. The van der Waals surface area contributed by atoms with Gasteiger partial charge in [-0.1, -0.05) is 0 Å². The molecule has 1 saturated carbocycles. The average molecular weight is 228 g/mol. The number of rotatable bonds is 5. The number of hydrogen-bond donors (Lipinski definition) is 1. The second kappa shape index (κ2) is 5.07. The van der Waals surface area contributed by atoms with Gasteiger partial charge in [0.25, 0.3) is 0 Å². The van der Waals surface area contributed by atoms with Crippen LogP contribution in [0.25, 0.3) is 0 Å². The van der Waals surface area contributed by atoms with Gasteiger partial charge in [-0.3, -0.25) is 0 Å². The van der Waals surface area contributed by atoms with E-state index in [4.69, 9.17) is 0 Å². The summed E-state index contributed by atoms with van der Waals surface area (Å²) in [5.74, 6) is 2.27. The van der Waals surface area contributed by atoms with Gasteiger partial charge in [0, 0.05) is 25.2 Å². The summed E-state index contributed by atoms with van der Waals surface area (Å²) in [7, 11) is 0. The zero-order valence-electron chi connectivity index (χ0n) is 10.1. The normalized spacial score (nSPS) is 33.2. The molecule has 1 aliphatic carbocycles. The third-order valence-electron chi connectivity index (χ3n) is 3.81. The average Bonchev–Trinajstić information content (AvgIpc) is 3.02. The van der Waals surface area contributed by atoms with E-state index in [1.807, 2.05) is 11.8 Å². The van der Waals surface area contributed by atoms with Crippen LogP contribution in [0.15, 0.2) is 0 Å². The molecule has 1 saturated heterocycles. The van der Waals surface area contributed by atoms with Gasteiger partial charge in [-0.15, -0.1) is 0 Å². The summed E-state index contributed by atoms with van der Waals surface area (Å²) in [6.07, 6.45) is 6.44. The molecule has 0 aromatic heterocycles. The van der Waals surface area contributed by atoms with Crippen molar-refractivity contribution >= 4 is 11.8 Å². The Balaban J connectivity index is 1.76. The van der Waals surface area contributed by atoms with Crippen molar-refractivity contribution in [1.82, 2.24) is 10.2 Å². The summed E-state index contributed by atoms with van der Waals surface area (Å²) in [5.41, 5.74) is 0.428. The number of hydrogen-bond acceptors (Lipinski definition) is 3. The van der Waals surface area contributed by atoms with Gasteiger partial charge in [0.05, 0.1) is 0 Å². The van der Waals surface area contributed by atoms with E-state index in [0.717, 1.165) is 5.92 Å². The highest BCUT2D eigenvalue weighted by molar-refractivity contribution is 7.98. The van der Waals surface area contributed by atoms with Gasteiger partial charge in [-0.2, -0.15) is 11.8 Å². The fourth-order valence-corrected chi connectivity index (χ4v) is 3.13. The Hall–Kier alpha value is 0.270. The van der Waals surface area contributed by atoms with Gasteiger partial charge < -0.3 is 10.2 Å². The van der Waals surface area contributed by atoms with Crippen LogP contribution in [0.2, 0.25) is 0 Å². The molecule has 0 aromatic carbocycles. The second-order valence-corrected chi connectivity index (χ2v) is 6.23. The van der Waals surface area contributed by atoms with E-state index >= 15 is 0 Å². The SMILES string of the molecule is CSCCCN1CCNC(C)(C2CC2)C1. The highest BCUT2D eigenvalue weighted by Gasteiger charge is 2.43. The Morgan fingerprint density at radius 3 is 2.93 bits per heavy atom. The van der Waals surface area contributed by atoms with Crippen molar-refractivity contribution in [3.8, 4) is 0 Å². The number of nitrogens with zero attached hydrogens (tertiary/aromatic N) is 1. The van der Waals surface area contributed by atoms with E-state index in [0.29, 0.717) is 5.54 Å². The largest absolute Gasteiger partial charge is 0.309 e. The Morgan fingerprint density at radius 2 is 2.27 bits per heavy atom. The van der Waals surface area contributed by atoms with E-state index in [1.165, 1.54) is 51.2 Å². The quantitative estimate of drug-likeness (QED) is 0.723. The lowest BCUT2D eigenvalue weighted by molar-refractivity contribution is 0.128. The predicted octanol–water partition coefficient (Wildman–Crippen LogP) is 1.81. The lowest BCUT2D eigenvalue weighted by atomic mass is 9.93. The minimum atomic E-state index is 0.428. The maximum Gasteiger partial charge on any atom is 0.0309 e. The third kappa shape index (κ3) is 3.11. The van der Waals surface area contributed by atoms with Crippen LogP contribution in [0, 0.1) is 5.92 Å². The molecule has 1 heterocycles. The topological polar surface area (TPSA) is 15.3 Å². The summed E-state index contributed by atoms with van der Waals surface area (Å²) >= 11 is 1.97. The Bertz CT molecular complexity index is 206. The monoisotopic (exact) mass is 228 g/mol. The minimum Gasteiger partial charge on any atom is -0.309 e. The molecule has 1 unspecified atom stereocenters. The van der Waals surface area contributed by atoms with Gasteiger partial charge in [-0.05, 0) is 50.7 Å². The van der Waals surface area contributed by atoms with Crippen molar-refractivity contribution in [1.29, 1.82) is 0 Å². The van der Waals surface area contributed by atoms with Crippen LogP contribution in [-0.2, 0) is 0 Å². The molecule has 15 heavy (non-hydrogen) atoms. The highest BCUT2D eigenvalue weighted by Crippen LogP contribution is 2.40. The molecular weight excluding hydrogens is 204 g/mol. The zero-order chi connectivity index (χ0) is 10.7. The fraction of sp³-hybridized carbons (Fsp3) is 1.00. The molecule has 2 fully saturated rings. The summed E-state index contributed by atoms with van der Waals surface area (Å²) in [6, 6.07) is 0. The van der Waals surface area contributed by atoms with Crippen molar-refractivity contribution in [2.24, 2.45) is 5.92 Å². The first-order valence-electron chi connectivity index (χ1n) is 6.21. The number of nitrogens with one attached hydrogen (secondary N) is 1. The van der Waals surface area contributed by atoms with Crippen LogP contribution in [0.1, 0.15) is 26.2 Å². The predicted molar refractivity (Wildman–Crippen MR) is 68.6 cm³/mol. The van der Waals surface area contributed by atoms with E-state index in [2.05, 4.69) is 23.4 Å². The van der Waals surface area contributed by atoms with Crippen molar-refractivity contribution in [3.05, 3.63) is 0 Å². The van der Waals surface area contributed by atoms with Crippen LogP contribution in [0.4, 0.5) is 0 Å². The molecule has 1 aliphatic heterocycles. The first-order valence-corrected chi connectivity index (χ1v) is 7.60. The van der Waals surface area contributed by atoms with Crippen molar-refractivity contribution in [2.45, 2.75) is 31.7 Å². The van der Waals surface area contributed by atoms with Crippen LogP contribution in [-0.4, -0.2) is 48.6 Å². The number of thioether (sulfide) groups is 1. The summed E-state index contributed by atoms with van der Waals surface area (Å²) in [5, 5.41) is 3.73.